The van der Waals surface area contributed by atoms with Gasteiger partial charge in [-0.1, -0.05) is 37.6 Å². The lowest BCUT2D eigenvalue weighted by atomic mass is 10.0. The second-order valence-electron chi connectivity index (χ2n) is 4.42. The van der Waals surface area contributed by atoms with E-state index in [0.29, 0.717) is 0 Å². The second kappa shape index (κ2) is 4.65. The third-order valence-corrected chi connectivity index (χ3v) is 3.22. The van der Waals surface area contributed by atoms with Crippen molar-refractivity contribution in [3.05, 3.63) is 41.2 Å². The lowest BCUT2D eigenvalue weighted by molar-refractivity contribution is 0.771. The molecule has 0 N–H and O–H groups in total. The van der Waals surface area contributed by atoms with Gasteiger partial charge >= 0.3 is 0 Å². The number of benzene rings is 1. The minimum atomic E-state index is 1.11. The summed E-state index contributed by atoms with van der Waals surface area (Å²) in [5.74, 6) is 0. The van der Waals surface area contributed by atoms with E-state index < -0.39 is 0 Å². The molecule has 0 fully saturated rings. The summed E-state index contributed by atoms with van der Waals surface area (Å²) in [4.78, 5) is 4.74. The van der Waals surface area contributed by atoms with Crippen LogP contribution in [0.5, 0.6) is 0 Å². The van der Waals surface area contributed by atoms with Crippen molar-refractivity contribution < 1.29 is 0 Å². The van der Waals surface area contributed by atoms with Gasteiger partial charge < -0.3 is 0 Å². The van der Waals surface area contributed by atoms with E-state index in [1.54, 1.807) is 0 Å². The molecule has 1 heterocycles. The van der Waals surface area contributed by atoms with Crippen molar-refractivity contribution >= 4 is 10.8 Å². The first-order valence-corrected chi connectivity index (χ1v) is 6.09. The van der Waals surface area contributed by atoms with Crippen molar-refractivity contribution in [3.8, 4) is 0 Å². The summed E-state index contributed by atoms with van der Waals surface area (Å²) in [5.41, 5.74) is 3.79. The van der Waals surface area contributed by atoms with E-state index >= 15 is 0 Å². The van der Waals surface area contributed by atoms with Gasteiger partial charge in [-0.15, -0.1) is 0 Å². The molecule has 0 radical (unpaired) electrons. The first-order chi connectivity index (χ1) is 7.74. The van der Waals surface area contributed by atoms with Gasteiger partial charge in [0.15, 0.2) is 0 Å². The number of hydrogen-bond acceptors (Lipinski definition) is 1. The summed E-state index contributed by atoms with van der Waals surface area (Å²) in [5, 5.41) is 2.65. The number of rotatable bonds is 3. The molecule has 0 saturated carbocycles. The summed E-state index contributed by atoms with van der Waals surface area (Å²) in [7, 11) is 0. The number of nitrogens with zero attached hydrogens (tertiary/aromatic N) is 1. The van der Waals surface area contributed by atoms with Crippen LogP contribution in [0.15, 0.2) is 24.3 Å². The molecule has 2 rings (SSSR count). The third-order valence-electron chi connectivity index (χ3n) is 3.22. The number of aryl methyl sites for hydroxylation is 3. The van der Waals surface area contributed by atoms with Gasteiger partial charge in [-0.3, -0.25) is 4.98 Å². The highest BCUT2D eigenvalue weighted by atomic mass is 14.7. The Morgan fingerprint density at radius 1 is 1.06 bits per heavy atom. The van der Waals surface area contributed by atoms with E-state index in [-0.39, 0.29) is 0 Å². The molecule has 0 aliphatic rings. The Bertz CT molecular complexity index is 500. The van der Waals surface area contributed by atoms with Crippen molar-refractivity contribution in [1.29, 1.82) is 0 Å². The van der Waals surface area contributed by atoms with Gasteiger partial charge in [0, 0.05) is 16.8 Å². The van der Waals surface area contributed by atoms with Crippen LogP contribution in [-0.4, -0.2) is 4.98 Å². The van der Waals surface area contributed by atoms with Crippen LogP contribution in [0.25, 0.3) is 10.8 Å². The van der Waals surface area contributed by atoms with E-state index in [1.807, 2.05) is 0 Å². The first kappa shape index (κ1) is 11.1. The fraction of sp³-hybridized carbons (Fsp3) is 0.400. The number of fused-ring (bicyclic) bond motifs is 1. The number of pyridine rings is 1. The zero-order valence-electron chi connectivity index (χ0n) is 10.4. The summed E-state index contributed by atoms with van der Waals surface area (Å²) in [6.07, 6.45) is 3.56. The van der Waals surface area contributed by atoms with Crippen LogP contribution in [0, 0.1) is 13.8 Å². The van der Waals surface area contributed by atoms with Gasteiger partial charge in [0.1, 0.15) is 0 Å². The maximum atomic E-state index is 4.74. The largest absolute Gasteiger partial charge is 0.257 e. The molecule has 16 heavy (non-hydrogen) atoms. The maximum Gasteiger partial charge on any atom is 0.0454 e. The third kappa shape index (κ3) is 1.95. The van der Waals surface area contributed by atoms with Gasteiger partial charge in [-0.2, -0.15) is 0 Å². The zero-order valence-corrected chi connectivity index (χ0v) is 10.4. The molecule has 1 nitrogen and oxygen atoms in total. The van der Waals surface area contributed by atoms with Gasteiger partial charge in [-0.25, -0.2) is 0 Å². The molecule has 0 saturated heterocycles. The molecule has 1 aromatic carbocycles. The first-order valence-electron chi connectivity index (χ1n) is 6.09. The van der Waals surface area contributed by atoms with Crippen LogP contribution in [0.1, 0.15) is 36.7 Å². The van der Waals surface area contributed by atoms with Crippen molar-refractivity contribution in [2.45, 2.75) is 40.0 Å². The van der Waals surface area contributed by atoms with E-state index in [9.17, 15) is 0 Å². The minimum absolute atomic E-state index is 1.11. The molecule has 0 aliphatic carbocycles. The normalized spacial score (nSPS) is 10.9. The highest BCUT2D eigenvalue weighted by Crippen LogP contribution is 2.23. The Labute approximate surface area is 97.5 Å². The van der Waals surface area contributed by atoms with Crippen molar-refractivity contribution in [1.82, 2.24) is 4.98 Å². The monoisotopic (exact) mass is 213 g/mol. The average molecular weight is 213 g/mol. The van der Waals surface area contributed by atoms with Crippen molar-refractivity contribution in [2.75, 3.05) is 0 Å². The second-order valence-corrected chi connectivity index (χ2v) is 4.42. The molecule has 84 valence electrons. The lowest BCUT2D eigenvalue weighted by Crippen LogP contribution is -1.98. The molecule has 0 bridgehead atoms. The van der Waals surface area contributed by atoms with Crippen LogP contribution in [0.3, 0.4) is 0 Å². The van der Waals surface area contributed by atoms with Crippen LogP contribution >= 0.6 is 0 Å². The SMILES string of the molecule is CCCCc1nc(C)c2ccccc2c1C. The summed E-state index contributed by atoms with van der Waals surface area (Å²) < 4.78 is 0. The molecule has 0 spiro atoms. The smallest absolute Gasteiger partial charge is 0.0454 e. The Hall–Kier alpha value is -1.37. The predicted octanol–water partition coefficient (Wildman–Crippen LogP) is 4.19. The molecule has 0 atom stereocenters. The molecule has 0 unspecified atom stereocenters. The van der Waals surface area contributed by atoms with Crippen molar-refractivity contribution in [3.63, 3.8) is 0 Å². The predicted molar refractivity (Wildman–Crippen MR) is 69.8 cm³/mol. The fourth-order valence-corrected chi connectivity index (χ4v) is 2.22. The molecule has 2 aromatic rings. The Morgan fingerprint density at radius 2 is 1.75 bits per heavy atom. The van der Waals surface area contributed by atoms with Crippen LogP contribution < -0.4 is 0 Å². The highest BCUT2D eigenvalue weighted by molar-refractivity contribution is 5.87. The molecule has 0 amide bonds. The molecule has 1 heteroatoms. The highest BCUT2D eigenvalue weighted by Gasteiger charge is 2.07. The number of hydrogen-bond donors (Lipinski definition) is 0. The molecule has 0 aliphatic heterocycles. The molecule has 1 aromatic heterocycles. The Kier molecular flexibility index (Phi) is 3.23. The number of unbranched alkanes of at least 4 members (excludes halogenated alkanes) is 1. The van der Waals surface area contributed by atoms with Gasteiger partial charge in [0.25, 0.3) is 0 Å². The summed E-state index contributed by atoms with van der Waals surface area (Å²) in [6, 6.07) is 8.56. The zero-order chi connectivity index (χ0) is 11.5. The lowest BCUT2D eigenvalue weighted by Gasteiger charge is -2.10. The van der Waals surface area contributed by atoms with E-state index in [2.05, 4.69) is 45.0 Å². The quantitative estimate of drug-likeness (QED) is 0.744. The average Bonchev–Trinajstić information content (AvgIpc) is 2.32. The standard InChI is InChI=1S/C15H19N/c1-4-5-10-15-11(2)13-8-6-7-9-14(13)12(3)16-15/h6-9H,4-5,10H2,1-3H3. The van der Waals surface area contributed by atoms with Crippen LogP contribution in [0.4, 0.5) is 0 Å². The summed E-state index contributed by atoms with van der Waals surface area (Å²) in [6.45, 7) is 6.53. The minimum Gasteiger partial charge on any atom is -0.257 e. The van der Waals surface area contributed by atoms with Crippen LogP contribution in [0.2, 0.25) is 0 Å². The van der Waals surface area contributed by atoms with Gasteiger partial charge in [-0.05, 0) is 37.6 Å². The van der Waals surface area contributed by atoms with Gasteiger partial charge in [0.05, 0.1) is 0 Å². The van der Waals surface area contributed by atoms with E-state index in [0.717, 1.165) is 12.1 Å². The van der Waals surface area contributed by atoms with E-state index in [4.69, 9.17) is 4.98 Å². The fourth-order valence-electron chi connectivity index (χ4n) is 2.22. The number of aromatic nitrogens is 1. The van der Waals surface area contributed by atoms with Crippen LogP contribution in [-0.2, 0) is 6.42 Å². The van der Waals surface area contributed by atoms with Gasteiger partial charge in [0.2, 0.25) is 0 Å². The maximum absolute atomic E-state index is 4.74. The Morgan fingerprint density at radius 3 is 2.44 bits per heavy atom. The van der Waals surface area contributed by atoms with E-state index in [1.165, 1.54) is 34.9 Å². The summed E-state index contributed by atoms with van der Waals surface area (Å²) >= 11 is 0. The Balaban J connectivity index is 2.56. The topological polar surface area (TPSA) is 12.9 Å². The molecular weight excluding hydrogens is 194 g/mol. The van der Waals surface area contributed by atoms with Crippen molar-refractivity contribution in [2.24, 2.45) is 0 Å². The molecular formula is C15H19N.